The molecule has 0 radical (unpaired) electrons. The zero-order valence-corrected chi connectivity index (χ0v) is 16.6. The van der Waals surface area contributed by atoms with Crippen molar-refractivity contribution in [3.05, 3.63) is 64.0 Å². The highest BCUT2D eigenvalue weighted by atomic mass is 32.1. The quantitative estimate of drug-likeness (QED) is 0.696. The van der Waals surface area contributed by atoms with E-state index in [2.05, 4.69) is 17.1 Å². The standard InChI is InChI=1S/C22H23N3O2S/c1-2-25-11-10-17-18(13-25)28-22(20(17)21(23)27)24-19(26)12-15-8-5-7-14-6-3-4-9-16(14)15/h3-9H,2,10-13H2,1H3,(H2,23,27)(H,24,26). The SMILES string of the molecule is CCN1CCc2c(sc(NC(=O)Cc3cccc4ccccc34)c2C(N)=O)C1. The molecule has 144 valence electrons. The minimum atomic E-state index is -0.470. The van der Waals surface area contributed by atoms with Gasteiger partial charge in [0.25, 0.3) is 5.91 Å². The molecule has 0 unspecified atom stereocenters. The molecule has 3 N–H and O–H groups in total. The van der Waals surface area contributed by atoms with Crippen LogP contribution in [0.5, 0.6) is 0 Å². The molecule has 6 heteroatoms. The summed E-state index contributed by atoms with van der Waals surface area (Å²) in [6.45, 7) is 4.80. The number of nitrogens with one attached hydrogen (secondary N) is 1. The number of benzene rings is 2. The first kappa shape index (κ1) is 18.7. The van der Waals surface area contributed by atoms with Crippen molar-refractivity contribution in [3.8, 4) is 0 Å². The highest BCUT2D eigenvalue weighted by Crippen LogP contribution is 2.37. The molecule has 1 aliphatic heterocycles. The van der Waals surface area contributed by atoms with Crippen LogP contribution in [-0.2, 0) is 24.2 Å². The van der Waals surface area contributed by atoms with Gasteiger partial charge in [0.2, 0.25) is 5.91 Å². The third-order valence-electron chi connectivity index (χ3n) is 5.31. The molecule has 0 atom stereocenters. The lowest BCUT2D eigenvalue weighted by molar-refractivity contribution is -0.115. The van der Waals surface area contributed by atoms with Gasteiger partial charge in [-0.3, -0.25) is 14.5 Å². The molecule has 2 aromatic carbocycles. The normalized spacial score (nSPS) is 14.0. The lowest BCUT2D eigenvalue weighted by Gasteiger charge is -2.25. The van der Waals surface area contributed by atoms with Crippen LogP contribution in [0, 0.1) is 0 Å². The second-order valence-corrected chi connectivity index (χ2v) is 8.16. The average Bonchev–Trinajstić information content (AvgIpc) is 3.05. The fourth-order valence-electron chi connectivity index (χ4n) is 3.87. The van der Waals surface area contributed by atoms with Crippen LogP contribution < -0.4 is 11.1 Å². The molecule has 0 fully saturated rings. The monoisotopic (exact) mass is 393 g/mol. The van der Waals surface area contributed by atoms with E-state index in [1.807, 2.05) is 42.5 Å². The van der Waals surface area contributed by atoms with Gasteiger partial charge in [0.15, 0.2) is 0 Å². The third kappa shape index (κ3) is 3.53. The molecule has 1 aromatic heterocycles. The van der Waals surface area contributed by atoms with Crippen LogP contribution in [0.1, 0.15) is 33.3 Å². The Morgan fingerprint density at radius 2 is 1.96 bits per heavy atom. The number of amides is 2. The van der Waals surface area contributed by atoms with E-state index in [-0.39, 0.29) is 12.3 Å². The molecule has 2 amide bonds. The van der Waals surface area contributed by atoms with E-state index in [0.29, 0.717) is 10.6 Å². The van der Waals surface area contributed by atoms with Gasteiger partial charge < -0.3 is 11.1 Å². The van der Waals surface area contributed by atoms with Gasteiger partial charge in [-0.25, -0.2) is 0 Å². The van der Waals surface area contributed by atoms with Gasteiger partial charge in [0.05, 0.1) is 12.0 Å². The van der Waals surface area contributed by atoms with Gasteiger partial charge in [-0.15, -0.1) is 11.3 Å². The topological polar surface area (TPSA) is 75.4 Å². The maximum absolute atomic E-state index is 12.8. The molecule has 0 aliphatic carbocycles. The summed E-state index contributed by atoms with van der Waals surface area (Å²) < 4.78 is 0. The summed E-state index contributed by atoms with van der Waals surface area (Å²) >= 11 is 1.48. The number of anilines is 1. The predicted molar refractivity (Wildman–Crippen MR) is 114 cm³/mol. The average molecular weight is 394 g/mol. The van der Waals surface area contributed by atoms with Crippen LogP contribution in [-0.4, -0.2) is 29.8 Å². The summed E-state index contributed by atoms with van der Waals surface area (Å²) in [5.74, 6) is -0.604. The second-order valence-electron chi connectivity index (χ2n) is 7.05. The van der Waals surface area contributed by atoms with Gasteiger partial charge >= 0.3 is 0 Å². The summed E-state index contributed by atoms with van der Waals surface area (Å²) in [6.07, 6.45) is 1.04. The molecule has 0 saturated carbocycles. The van der Waals surface area contributed by atoms with E-state index in [1.165, 1.54) is 11.3 Å². The summed E-state index contributed by atoms with van der Waals surface area (Å²) in [5.41, 5.74) is 8.11. The first-order chi connectivity index (χ1) is 13.6. The number of carbonyl (C=O) groups excluding carboxylic acids is 2. The molecule has 0 bridgehead atoms. The fraction of sp³-hybridized carbons (Fsp3) is 0.273. The number of carbonyl (C=O) groups is 2. The zero-order valence-electron chi connectivity index (χ0n) is 15.8. The maximum atomic E-state index is 12.8. The van der Waals surface area contributed by atoms with E-state index in [9.17, 15) is 9.59 Å². The van der Waals surface area contributed by atoms with Crippen molar-refractivity contribution >= 4 is 38.9 Å². The number of rotatable bonds is 5. The fourth-order valence-corrected chi connectivity index (χ4v) is 5.18. The maximum Gasteiger partial charge on any atom is 0.251 e. The first-order valence-electron chi connectivity index (χ1n) is 9.50. The Kier molecular flexibility index (Phi) is 5.15. The van der Waals surface area contributed by atoms with Crippen LogP contribution in [0.2, 0.25) is 0 Å². The Balaban J connectivity index is 1.59. The van der Waals surface area contributed by atoms with Crippen molar-refractivity contribution in [2.24, 2.45) is 5.73 Å². The van der Waals surface area contributed by atoms with Crippen LogP contribution in [0.4, 0.5) is 5.00 Å². The minimum absolute atomic E-state index is 0.134. The van der Waals surface area contributed by atoms with E-state index >= 15 is 0 Å². The van der Waals surface area contributed by atoms with Crippen LogP contribution >= 0.6 is 11.3 Å². The van der Waals surface area contributed by atoms with Crippen molar-refractivity contribution in [2.75, 3.05) is 18.4 Å². The Morgan fingerprint density at radius 3 is 2.75 bits per heavy atom. The van der Waals surface area contributed by atoms with E-state index < -0.39 is 5.91 Å². The molecule has 4 rings (SSSR count). The Morgan fingerprint density at radius 1 is 1.18 bits per heavy atom. The number of primary amides is 1. The van der Waals surface area contributed by atoms with Gasteiger partial charge in [-0.05, 0) is 34.9 Å². The summed E-state index contributed by atoms with van der Waals surface area (Å²) in [7, 11) is 0. The van der Waals surface area contributed by atoms with Crippen LogP contribution in [0.15, 0.2) is 42.5 Å². The minimum Gasteiger partial charge on any atom is -0.365 e. The summed E-state index contributed by atoms with van der Waals surface area (Å²) in [6, 6.07) is 14.0. The Labute approximate surface area is 168 Å². The lowest BCUT2D eigenvalue weighted by atomic mass is 10.0. The second kappa shape index (κ2) is 7.73. The smallest absolute Gasteiger partial charge is 0.251 e. The van der Waals surface area contributed by atoms with Crippen LogP contribution in [0.3, 0.4) is 0 Å². The van der Waals surface area contributed by atoms with E-state index in [1.54, 1.807) is 0 Å². The highest BCUT2D eigenvalue weighted by Gasteiger charge is 2.27. The zero-order chi connectivity index (χ0) is 19.7. The van der Waals surface area contributed by atoms with Gasteiger partial charge in [0, 0.05) is 18.0 Å². The van der Waals surface area contributed by atoms with Crippen molar-refractivity contribution in [1.82, 2.24) is 4.90 Å². The van der Waals surface area contributed by atoms with Crippen molar-refractivity contribution < 1.29 is 9.59 Å². The van der Waals surface area contributed by atoms with Crippen molar-refractivity contribution in [3.63, 3.8) is 0 Å². The molecular formula is C22H23N3O2S. The highest BCUT2D eigenvalue weighted by molar-refractivity contribution is 7.17. The van der Waals surface area contributed by atoms with Crippen LogP contribution in [0.25, 0.3) is 10.8 Å². The summed E-state index contributed by atoms with van der Waals surface area (Å²) in [5, 5.41) is 5.72. The number of likely N-dealkylation sites (N-methyl/N-ethyl adjacent to an activating group) is 1. The molecule has 3 aromatic rings. The van der Waals surface area contributed by atoms with Crippen molar-refractivity contribution in [1.29, 1.82) is 0 Å². The van der Waals surface area contributed by atoms with E-state index in [0.717, 1.165) is 52.8 Å². The number of nitrogens with two attached hydrogens (primary N) is 1. The van der Waals surface area contributed by atoms with Gasteiger partial charge in [-0.1, -0.05) is 49.4 Å². The van der Waals surface area contributed by atoms with Gasteiger partial charge in [0.1, 0.15) is 5.00 Å². The Bertz CT molecular complexity index is 1050. The van der Waals surface area contributed by atoms with Gasteiger partial charge in [-0.2, -0.15) is 0 Å². The number of hydrogen-bond acceptors (Lipinski definition) is 4. The molecule has 0 saturated heterocycles. The number of nitrogens with zero attached hydrogens (tertiary/aromatic N) is 1. The number of hydrogen-bond donors (Lipinski definition) is 2. The number of thiophene rings is 1. The molecule has 1 aliphatic rings. The molecule has 0 spiro atoms. The Hall–Kier alpha value is -2.70. The molecular weight excluding hydrogens is 370 g/mol. The third-order valence-corrected chi connectivity index (χ3v) is 6.45. The lowest BCUT2D eigenvalue weighted by Crippen LogP contribution is -2.30. The number of fused-ring (bicyclic) bond motifs is 2. The molecule has 2 heterocycles. The predicted octanol–water partition coefficient (Wildman–Crippen LogP) is 3.56. The largest absolute Gasteiger partial charge is 0.365 e. The molecule has 28 heavy (non-hydrogen) atoms. The van der Waals surface area contributed by atoms with E-state index in [4.69, 9.17) is 5.73 Å². The summed E-state index contributed by atoms with van der Waals surface area (Å²) in [4.78, 5) is 28.3. The van der Waals surface area contributed by atoms with Crippen molar-refractivity contribution in [2.45, 2.75) is 26.3 Å². The molecule has 5 nitrogen and oxygen atoms in total. The first-order valence-corrected chi connectivity index (χ1v) is 10.3.